The molecule has 10 heteroatoms. The monoisotopic (exact) mass is 546 g/mol. The quantitative estimate of drug-likeness (QED) is 0.228. The van der Waals surface area contributed by atoms with Crippen LogP contribution in [-0.2, 0) is 23.1 Å². The molecular weight excluding hydrogens is 519 g/mol. The average molecular weight is 547 g/mol. The second kappa shape index (κ2) is 12.4. The molecule has 0 radical (unpaired) electrons. The molecule has 39 heavy (non-hydrogen) atoms. The summed E-state index contributed by atoms with van der Waals surface area (Å²) in [6.07, 6.45) is 3.25. The zero-order valence-electron chi connectivity index (χ0n) is 21.4. The fourth-order valence-electron chi connectivity index (χ4n) is 3.74. The van der Waals surface area contributed by atoms with Gasteiger partial charge in [-0.05, 0) is 78.2 Å². The lowest BCUT2D eigenvalue weighted by Gasteiger charge is -2.22. The Morgan fingerprint density at radius 3 is 2.18 bits per heavy atom. The minimum absolute atomic E-state index is 0.0764. The summed E-state index contributed by atoms with van der Waals surface area (Å²) in [7, 11) is -2.35. The van der Waals surface area contributed by atoms with E-state index in [1.165, 1.54) is 35.7 Å². The normalized spacial score (nSPS) is 11.8. The van der Waals surface area contributed by atoms with Crippen LogP contribution in [-0.4, -0.2) is 36.4 Å². The van der Waals surface area contributed by atoms with Crippen molar-refractivity contribution in [3.8, 4) is 5.75 Å². The number of carbonyl (C=O) groups is 1. The average Bonchev–Trinajstić information content (AvgIpc) is 2.96. The van der Waals surface area contributed by atoms with Crippen LogP contribution >= 0.6 is 0 Å². The molecular formula is C29H27FN4O4S. The molecule has 0 saturated heterocycles. The highest BCUT2D eigenvalue weighted by molar-refractivity contribution is 7.89. The van der Waals surface area contributed by atoms with Crippen molar-refractivity contribution in [3.05, 3.63) is 125 Å². The van der Waals surface area contributed by atoms with Crippen LogP contribution in [0.3, 0.4) is 0 Å². The summed E-state index contributed by atoms with van der Waals surface area (Å²) in [4.78, 5) is 16.8. The number of aromatic nitrogens is 1. The number of sulfonamides is 1. The van der Waals surface area contributed by atoms with Gasteiger partial charge in [-0.15, -0.1) is 0 Å². The van der Waals surface area contributed by atoms with Crippen LogP contribution in [0.4, 0.5) is 4.39 Å². The van der Waals surface area contributed by atoms with Crippen molar-refractivity contribution in [1.82, 2.24) is 14.7 Å². The number of ether oxygens (including phenoxy) is 1. The number of nitrogens with zero attached hydrogens (tertiary/aromatic N) is 3. The highest BCUT2D eigenvalue weighted by Crippen LogP contribution is 2.23. The van der Waals surface area contributed by atoms with E-state index in [1.807, 2.05) is 6.07 Å². The predicted molar refractivity (Wildman–Crippen MR) is 146 cm³/mol. The molecule has 4 rings (SSSR count). The molecule has 0 unspecified atom stereocenters. The Bertz CT molecular complexity index is 1540. The van der Waals surface area contributed by atoms with Gasteiger partial charge >= 0.3 is 0 Å². The number of rotatable bonds is 10. The number of carbonyl (C=O) groups excluding carboxylic acids is 1. The first-order chi connectivity index (χ1) is 18.8. The number of amides is 1. The van der Waals surface area contributed by atoms with Crippen molar-refractivity contribution in [2.24, 2.45) is 5.10 Å². The van der Waals surface area contributed by atoms with E-state index in [-0.39, 0.29) is 23.8 Å². The van der Waals surface area contributed by atoms with Crippen molar-refractivity contribution in [1.29, 1.82) is 0 Å². The molecule has 0 aliphatic carbocycles. The lowest BCUT2D eigenvalue weighted by atomic mass is 10.1. The second-order valence-electron chi connectivity index (χ2n) is 8.65. The molecule has 0 atom stereocenters. The number of pyridine rings is 1. The molecule has 200 valence electrons. The minimum atomic E-state index is -3.87. The molecule has 0 spiro atoms. The Balaban J connectivity index is 1.51. The summed E-state index contributed by atoms with van der Waals surface area (Å²) < 4.78 is 46.8. The minimum Gasteiger partial charge on any atom is -0.497 e. The third-order valence-corrected chi connectivity index (χ3v) is 7.75. The summed E-state index contributed by atoms with van der Waals surface area (Å²) in [5.74, 6) is -0.230. The third kappa shape index (κ3) is 7.13. The Kier molecular flexibility index (Phi) is 8.80. The molecule has 8 nitrogen and oxygen atoms in total. The smallest absolute Gasteiger partial charge is 0.271 e. The van der Waals surface area contributed by atoms with E-state index in [2.05, 4.69) is 15.5 Å². The molecule has 1 amide bonds. The summed E-state index contributed by atoms with van der Waals surface area (Å²) >= 11 is 0. The van der Waals surface area contributed by atoms with E-state index < -0.39 is 15.9 Å². The molecule has 0 fully saturated rings. The second-order valence-corrected chi connectivity index (χ2v) is 10.6. The number of benzene rings is 3. The molecule has 0 aliphatic rings. The number of hydrogen-bond donors (Lipinski definition) is 1. The van der Waals surface area contributed by atoms with Gasteiger partial charge in [-0.3, -0.25) is 9.78 Å². The summed E-state index contributed by atoms with van der Waals surface area (Å²) in [5, 5.41) is 4.09. The Morgan fingerprint density at radius 2 is 1.56 bits per heavy atom. The van der Waals surface area contributed by atoms with E-state index >= 15 is 0 Å². The van der Waals surface area contributed by atoms with Gasteiger partial charge in [0.25, 0.3) is 5.91 Å². The molecule has 1 N–H and O–H groups in total. The van der Waals surface area contributed by atoms with Crippen LogP contribution in [0.5, 0.6) is 5.75 Å². The van der Waals surface area contributed by atoms with Gasteiger partial charge in [0.15, 0.2) is 0 Å². The van der Waals surface area contributed by atoms with Crippen LogP contribution in [0.1, 0.15) is 34.0 Å². The molecule has 1 aromatic heterocycles. The molecule has 0 bridgehead atoms. The number of nitrogens with one attached hydrogen (secondary N) is 1. The van der Waals surface area contributed by atoms with Gasteiger partial charge < -0.3 is 4.74 Å². The van der Waals surface area contributed by atoms with Gasteiger partial charge in [0.2, 0.25) is 10.0 Å². The Hall–Kier alpha value is -4.41. The topological polar surface area (TPSA) is 101 Å². The predicted octanol–water partition coefficient (Wildman–Crippen LogP) is 4.77. The molecule has 3 aromatic carbocycles. The molecule has 4 aromatic rings. The first kappa shape index (κ1) is 27.6. The highest BCUT2D eigenvalue weighted by atomic mass is 32.2. The standard InChI is InChI=1S/C29H27FN4O4S/c1-21(24-9-11-26(30)12-10-24)32-33-29(35)25-7-5-22(6-8-25)19-34(20-23-4-3-17-31-18-23)39(36,37)28-15-13-27(38-2)14-16-28/h3-18H,19-20H2,1-2H3,(H,33,35)/b32-21+. The maximum Gasteiger partial charge on any atom is 0.271 e. The van der Waals surface area contributed by atoms with Gasteiger partial charge in [0.05, 0.1) is 17.7 Å². The van der Waals surface area contributed by atoms with E-state index in [4.69, 9.17) is 4.74 Å². The largest absolute Gasteiger partial charge is 0.497 e. The van der Waals surface area contributed by atoms with E-state index in [1.54, 1.807) is 73.9 Å². The SMILES string of the molecule is COc1ccc(S(=O)(=O)N(Cc2ccc(C(=O)N/N=C(\C)c3ccc(F)cc3)cc2)Cc2cccnc2)cc1. The summed E-state index contributed by atoms with van der Waals surface area (Å²) in [5.41, 5.74) is 5.48. The van der Waals surface area contributed by atoms with Crippen LogP contribution < -0.4 is 10.2 Å². The molecule has 0 saturated carbocycles. The maximum atomic E-state index is 13.6. The number of halogens is 1. The van der Waals surface area contributed by atoms with Crippen molar-refractivity contribution in [3.63, 3.8) is 0 Å². The van der Waals surface area contributed by atoms with Crippen LogP contribution in [0.25, 0.3) is 0 Å². The van der Waals surface area contributed by atoms with E-state index in [0.717, 1.165) is 5.56 Å². The first-order valence-electron chi connectivity index (χ1n) is 12.0. The van der Waals surface area contributed by atoms with Gasteiger partial charge in [0.1, 0.15) is 11.6 Å². The number of hydrogen-bond acceptors (Lipinski definition) is 6. The third-order valence-electron chi connectivity index (χ3n) is 5.94. The van der Waals surface area contributed by atoms with E-state index in [0.29, 0.717) is 28.2 Å². The van der Waals surface area contributed by atoms with Crippen LogP contribution in [0.15, 0.2) is 107 Å². The fraction of sp³-hybridized carbons (Fsp3) is 0.138. The van der Waals surface area contributed by atoms with E-state index in [9.17, 15) is 17.6 Å². The van der Waals surface area contributed by atoms with Crippen molar-refractivity contribution in [2.75, 3.05) is 7.11 Å². The number of methoxy groups -OCH3 is 1. The summed E-state index contributed by atoms with van der Waals surface area (Å²) in [6, 6.07) is 22.2. The highest BCUT2D eigenvalue weighted by Gasteiger charge is 2.25. The molecule has 1 heterocycles. The van der Waals surface area contributed by atoms with Crippen LogP contribution in [0, 0.1) is 5.82 Å². The zero-order chi connectivity index (χ0) is 27.8. The lowest BCUT2D eigenvalue weighted by molar-refractivity contribution is 0.0954. The van der Waals surface area contributed by atoms with Gasteiger partial charge in [0, 0.05) is 31.0 Å². The van der Waals surface area contributed by atoms with Crippen molar-refractivity contribution < 1.29 is 22.3 Å². The fourth-order valence-corrected chi connectivity index (χ4v) is 5.15. The van der Waals surface area contributed by atoms with Gasteiger partial charge in [-0.2, -0.15) is 9.41 Å². The van der Waals surface area contributed by atoms with Crippen molar-refractivity contribution in [2.45, 2.75) is 24.9 Å². The van der Waals surface area contributed by atoms with Crippen LogP contribution in [0.2, 0.25) is 0 Å². The van der Waals surface area contributed by atoms with Gasteiger partial charge in [-0.25, -0.2) is 18.2 Å². The number of hydrazone groups is 1. The van der Waals surface area contributed by atoms with Gasteiger partial charge in [-0.1, -0.05) is 30.3 Å². The lowest BCUT2D eigenvalue weighted by Crippen LogP contribution is -2.30. The maximum absolute atomic E-state index is 13.6. The zero-order valence-corrected chi connectivity index (χ0v) is 22.2. The van der Waals surface area contributed by atoms with Crippen molar-refractivity contribution >= 4 is 21.6 Å². The first-order valence-corrected chi connectivity index (χ1v) is 13.4. The Morgan fingerprint density at radius 1 is 0.923 bits per heavy atom. The Labute approximate surface area is 226 Å². The summed E-state index contributed by atoms with van der Waals surface area (Å²) in [6.45, 7) is 1.89. The molecule has 0 aliphatic heterocycles.